The van der Waals surface area contributed by atoms with E-state index in [1.165, 1.54) is 12.1 Å². The molecule has 7 heteroatoms. The van der Waals surface area contributed by atoms with E-state index in [9.17, 15) is 23.5 Å². The topological polar surface area (TPSA) is 78.4 Å². The summed E-state index contributed by atoms with van der Waals surface area (Å²) in [6, 6.07) is 9.01. The van der Waals surface area contributed by atoms with Gasteiger partial charge in [-0.15, -0.1) is 0 Å². The van der Waals surface area contributed by atoms with Crippen LogP contribution in [0.2, 0.25) is 0 Å². The van der Waals surface area contributed by atoms with Gasteiger partial charge in [0, 0.05) is 0 Å². The number of carbonyl (C=O) groups excluding carboxylic acids is 2. The third-order valence-corrected chi connectivity index (χ3v) is 2.78. The number of nitrogens with one attached hydrogen (secondary N) is 2. The Morgan fingerprint density at radius 2 is 1.64 bits per heavy atom. The Bertz CT molecular complexity index is 699. The van der Waals surface area contributed by atoms with Crippen LogP contribution in [0, 0.1) is 11.6 Å². The molecule has 5 nitrogen and oxygen atoms in total. The van der Waals surface area contributed by atoms with E-state index in [-0.39, 0.29) is 12.2 Å². The highest BCUT2D eigenvalue weighted by Gasteiger charge is 2.17. The van der Waals surface area contributed by atoms with Crippen LogP contribution < -0.4 is 10.9 Å². The molecule has 0 heterocycles. The minimum Gasteiger partial charge on any atom is -0.508 e. The van der Waals surface area contributed by atoms with Gasteiger partial charge in [-0.05, 0) is 29.8 Å². The van der Waals surface area contributed by atoms with Crippen molar-refractivity contribution in [2.45, 2.75) is 6.42 Å². The number of phenolic OH excluding ortho intramolecular Hbond substituents is 1. The standard InChI is InChI=1S/C15H12F2N2O3/c16-11-5-2-6-12(17)14(11)15(22)19-18-13(21)8-9-3-1-4-10(20)7-9/h1-7,20H,8H2,(H,18,21)(H,19,22). The molecule has 0 aliphatic heterocycles. The van der Waals surface area contributed by atoms with E-state index in [2.05, 4.69) is 0 Å². The molecule has 0 bridgehead atoms. The second-order valence-electron chi connectivity index (χ2n) is 4.45. The van der Waals surface area contributed by atoms with Crippen molar-refractivity contribution in [3.63, 3.8) is 0 Å². The average Bonchev–Trinajstić information content (AvgIpc) is 2.45. The number of phenols is 1. The van der Waals surface area contributed by atoms with E-state index in [4.69, 9.17) is 0 Å². The zero-order valence-corrected chi connectivity index (χ0v) is 11.3. The fourth-order valence-electron chi connectivity index (χ4n) is 1.80. The van der Waals surface area contributed by atoms with E-state index in [1.807, 2.05) is 10.9 Å². The van der Waals surface area contributed by atoms with Gasteiger partial charge in [0.2, 0.25) is 5.91 Å². The van der Waals surface area contributed by atoms with Crippen LogP contribution in [0.5, 0.6) is 5.75 Å². The van der Waals surface area contributed by atoms with Gasteiger partial charge in [0.15, 0.2) is 0 Å². The Morgan fingerprint density at radius 3 is 2.27 bits per heavy atom. The van der Waals surface area contributed by atoms with Crippen LogP contribution in [-0.2, 0) is 11.2 Å². The molecule has 0 aliphatic rings. The number of hydrogen-bond acceptors (Lipinski definition) is 3. The molecule has 0 fully saturated rings. The lowest BCUT2D eigenvalue weighted by molar-refractivity contribution is -0.121. The van der Waals surface area contributed by atoms with E-state index >= 15 is 0 Å². The monoisotopic (exact) mass is 306 g/mol. The molecule has 0 unspecified atom stereocenters. The predicted molar refractivity (Wildman–Crippen MR) is 73.8 cm³/mol. The first-order valence-corrected chi connectivity index (χ1v) is 6.28. The Kier molecular flexibility index (Phi) is 4.67. The summed E-state index contributed by atoms with van der Waals surface area (Å²) >= 11 is 0. The van der Waals surface area contributed by atoms with Crippen molar-refractivity contribution in [2.75, 3.05) is 0 Å². The minimum absolute atomic E-state index is 0.00256. The summed E-state index contributed by atoms with van der Waals surface area (Å²) in [7, 11) is 0. The lowest BCUT2D eigenvalue weighted by atomic mass is 10.1. The van der Waals surface area contributed by atoms with Gasteiger partial charge in [-0.25, -0.2) is 8.78 Å². The smallest absolute Gasteiger partial charge is 0.275 e. The molecule has 0 aliphatic carbocycles. The first-order valence-electron chi connectivity index (χ1n) is 6.28. The van der Waals surface area contributed by atoms with Crippen molar-refractivity contribution in [2.24, 2.45) is 0 Å². The predicted octanol–water partition coefficient (Wildman–Crippen LogP) is 1.67. The minimum atomic E-state index is -1.10. The largest absolute Gasteiger partial charge is 0.508 e. The number of halogens is 2. The van der Waals surface area contributed by atoms with Crippen LogP contribution in [0.25, 0.3) is 0 Å². The SMILES string of the molecule is O=C(Cc1cccc(O)c1)NNC(=O)c1c(F)cccc1F. The summed E-state index contributed by atoms with van der Waals surface area (Å²) in [5.74, 6) is -3.75. The third-order valence-electron chi connectivity index (χ3n) is 2.78. The van der Waals surface area contributed by atoms with Crippen LogP contribution in [0.3, 0.4) is 0 Å². The van der Waals surface area contributed by atoms with Crippen molar-refractivity contribution in [1.29, 1.82) is 0 Å². The molecule has 0 saturated heterocycles. The van der Waals surface area contributed by atoms with Crippen LogP contribution in [0.4, 0.5) is 8.78 Å². The molecule has 2 aromatic carbocycles. The molecule has 2 amide bonds. The molecule has 0 aromatic heterocycles. The lowest BCUT2D eigenvalue weighted by Crippen LogP contribution is -2.43. The van der Waals surface area contributed by atoms with Crippen molar-refractivity contribution >= 4 is 11.8 Å². The first-order chi connectivity index (χ1) is 10.5. The molecule has 0 atom stereocenters. The molecule has 0 saturated carbocycles. The summed E-state index contributed by atoms with van der Waals surface area (Å²) < 4.78 is 26.8. The molecule has 114 valence electrons. The highest BCUT2D eigenvalue weighted by molar-refractivity contribution is 5.96. The van der Waals surface area contributed by atoms with Gasteiger partial charge in [0.25, 0.3) is 5.91 Å². The molecular weight excluding hydrogens is 294 g/mol. The van der Waals surface area contributed by atoms with Gasteiger partial charge < -0.3 is 5.11 Å². The zero-order valence-electron chi connectivity index (χ0n) is 11.3. The summed E-state index contributed by atoms with van der Waals surface area (Å²) in [5, 5.41) is 9.27. The maximum atomic E-state index is 13.4. The number of aromatic hydroxyl groups is 1. The van der Waals surface area contributed by atoms with Gasteiger partial charge in [-0.3, -0.25) is 20.4 Å². The number of hydrazine groups is 1. The van der Waals surface area contributed by atoms with Crippen molar-refractivity contribution in [1.82, 2.24) is 10.9 Å². The second-order valence-corrected chi connectivity index (χ2v) is 4.45. The van der Waals surface area contributed by atoms with Crippen LogP contribution in [0.15, 0.2) is 42.5 Å². The fourth-order valence-corrected chi connectivity index (χ4v) is 1.80. The summed E-state index contributed by atoms with van der Waals surface area (Å²) in [4.78, 5) is 23.3. The molecule has 3 N–H and O–H groups in total. The lowest BCUT2D eigenvalue weighted by Gasteiger charge is -2.09. The van der Waals surface area contributed by atoms with Crippen LogP contribution in [-0.4, -0.2) is 16.9 Å². The van der Waals surface area contributed by atoms with Crippen molar-refractivity contribution < 1.29 is 23.5 Å². The zero-order chi connectivity index (χ0) is 16.1. The highest BCUT2D eigenvalue weighted by atomic mass is 19.1. The number of carbonyl (C=O) groups is 2. The summed E-state index contributed by atoms with van der Waals surface area (Å²) in [6.45, 7) is 0. The number of amides is 2. The second kappa shape index (κ2) is 6.66. The Balaban J connectivity index is 1.95. The molecule has 0 radical (unpaired) electrons. The van der Waals surface area contributed by atoms with E-state index in [0.29, 0.717) is 5.56 Å². The van der Waals surface area contributed by atoms with Crippen LogP contribution in [0.1, 0.15) is 15.9 Å². The average molecular weight is 306 g/mol. The van der Waals surface area contributed by atoms with Gasteiger partial charge in [-0.2, -0.15) is 0 Å². The van der Waals surface area contributed by atoms with Gasteiger partial charge >= 0.3 is 0 Å². The molecular formula is C15H12F2N2O3. The quantitative estimate of drug-likeness (QED) is 0.755. The van der Waals surface area contributed by atoms with Crippen LogP contribution >= 0.6 is 0 Å². The van der Waals surface area contributed by atoms with Crippen molar-refractivity contribution in [3.8, 4) is 5.75 Å². The van der Waals surface area contributed by atoms with Gasteiger partial charge in [-0.1, -0.05) is 18.2 Å². The van der Waals surface area contributed by atoms with Gasteiger partial charge in [0.05, 0.1) is 6.42 Å². The Morgan fingerprint density at radius 1 is 1.00 bits per heavy atom. The third kappa shape index (κ3) is 3.78. The van der Waals surface area contributed by atoms with Crippen molar-refractivity contribution in [3.05, 3.63) is 65.2 Å². The summed E-state index contributed by atoms with van der Waals surface area (Å²) in [6.07, 6.45) is -0.117. The van der Waals surface area contributed by atoms with E-state index in [1.54, 1.807) is 12.1 Å². The molecule has 22 heavy (non-hydrogen) atoms. The number of benzene rings is 2. The Labute approximate surface area is 124 Å². The number of hydrogen-bond donors (Lipinski definition) is 3. The van der Waals surface area contributed by atoms with E-state index in [0.717, 1.165) is 18.2 Å². The molecule has 0 spiro atoms. The first kappa shape index (κ1) is 15.4. The molecule has 2 aromatic rings. The Hall–Kier alpha value is -2.96. The van der Waals surface area contributed by atoms with E-state index < -0.39 is 29.0 Å². The fraction of sp³-hybridized carbons (Fsp3) is 0.0667. The number of rotatable bonds is 3. The van der Waals surface area contributed by atoms with Gasteiger partial charge in [0.1, 0.15) is 22.9 Å². The highest BCUT2D eigenvalue weighted by Crippen LogP contribution is 2.12. The molecule has 2 rings (SSSR count). The normalized spacial score (nSPS) is 10.1. The summed E-state index contributed by atoms with van der Waals surface area (Å²) in [5.41, 5.74) is 3.72. The maximum Gasteiger partial charge on any atom is 0.275 e. The maximum absolute atomic E-state index is 13.4.